The van der Waals surface area contributed by atoms with Crippen molar-refractivity contribution in [2.45, 2.75) is 26.0 Å². The fourth-order valence-electron chi connectivity index (χ4n) is 1.33. The number of aliphatic hydroxyl groups excluding tert-OH is 1. The highest BCUT2D eigenvalue weighted by atomic mass is 127. The second-order valence-corrected chi connectivity index (χ2v) is 5.06. The lowest BCUT2D eigenvalue weighted by Gasteiger charge is -2.22. The van der Waals surface area contributed by atoms with Gasteiger partial charge in [-0.25, -0.2) is 0 Å². The van der Waals surface area contributed by atoms with Gasteiger partial charge >= 0.3 is 0 Å². The van der Waals surface area contributed by atoms with Crippen molar-refractivity contribution in [2.75, 3.05) is 0 Å². The monoisotopic (exact) mass is 341 g/mol. The molecule has 4 heteroatoms. The second kappa shape index (κ2) is 6.68. The molecule has 0 unspecified atom stereocenters. The SMILES string of the molecule is CC(C)[C@H](O)[C@H](N)c1cccc(I)c1.Cl. The third kappa shape index (κ3) is 4.26. The van der Waals surface area contributed by atoms with Crippen LogP contribution in [0.1, 0.15) is 25.5 Å². The van der Waals surface area contributed by atoms with Crippen LogP contribution in [-0.2, 0) is 0 Å². The van der Waals surface area contributed by atoms with Gasteiger partial charge in [-0.3, -0.25) is 0 Å². The maximum Gasteiger partial charge on any atom is 0.0755 e. The maximum atomic E-state index is 9.81. The smallest absolute Gasteiger partial charge is 0.0755 e. The summed E-state index contributed by atoms with van der Waals surface area (Å²) in [5.74, 6) is 0.183. The molecule has 3 N–H and O–H groups in total. The first-order chi connectivity index (χ1) is 6.52. The highest BCUT2D eigenvalue weighted by molar-refractivity contribution is 14.1. The van der Waals surface area contributed by atoms with Crippen LogP contribution in [0.5, 0.6) is 0 Å². The first-order valence-electron chi connectivity index (χ1n) is 4.71. The van der Waals surface area contributed by atoms with Gasteiger partial charge in [0.05, 0.1) is 12.1 Å². The van der Waals surface area contributed by atoms with Crippen LogP contribution >= 0.6 is 35.0 Å². The molecule has 15 heavy (non-hydrogen) atoms. The Balaban J connectivity index is 0.00000196. The van der Waals surface area contributed by atoms with E-state index in [1.165, 1.54) is 0 Å². The molecule has 86 valence electrons. The second-order valence-electron chi connectivity index (χ2n) is 3.82. The van der Waals surface area contributed by atoms with E-state index in [9.17, 15) is 5.11 Å². The Labute approximate surface area is 111 Å². The summed E-state index contributed by atoms with van der Waals surface area (Å²) in [5.41, 5.74) is 6.95. The van der Waals surface area contributed by atoms with Gasteiger partial charge in [0, 0.05) is 3.57 Å². The lowest BCUT2D eigenvalue weighted by atomic mass is 9.95. The largest absolute Gasteiger partial charge is 0.391 e. The summed E-state index contributed by atoms with van der Waals surface area (Å²) in [4.78, 5) is 0. The summed E-state index contributed by atoms with van der Waals surface area (Å²) < 4.78 is 1.14. The minimum absolute atomic E-state index is 0. The summed E-state index contributed by atoms with van der Waals surface area (Å²) in [6.07, 6.45) is -0.479. The molecule has 0 aromatic heterocycles. The lowest BCUT2D eigenvalue weighted by Crippen LogP contribution is -2.30. The molecule has 0 aliphatic heterocycles. The van der Waals surface area contributed by atoms with E-state index in [1.807, 2.05) is 38.1 Å². The number of hydrogen-bond acceptors (Lipinski definition) is 2. The van der Waals surface area contributed by atoms with Gasteiger partial charge in [0.15, 0.2) is 0 Å². The van der Waals surface area contributed by atoms with E-state index in [4.69, 9.17) is 5.73 Å². The molecule has 0 bridgehead atoms. The predicted molar refractivity (Wildman–Crippen MR) is 74.2 cm³/mol. The van der Waals surface area contributed by atoms with Crippen molar-refractivity contribution < 1.29 is 5.11 Å². The molecule has 0 saturated carbocycles. The van der Waals surface area contributed by atoms with E-state index in [-0.39, 0.29) is 24.4 Å². The Morgan fingerprint density at radius 3 is 2.40 bits per heavy atom. The van der Waals surface area contributed by atoms with E-state index in [2.05, 4.69) is 22.6 Å². The number of hydrogen-bond donors (Lipinski definition) is 2. The normalized spacial score (nSPS) is 14.5. The first-order valence-corrected chi connectivity index (χ1v) is 5.79. The molecular weight excluding hydrogens is 324 g/mol. The predicted octanol–water partition coefficient (Wildman–Crippen LogP) is 2.73. The maximum absolute atomic E-state index is 9.81. The molecule has 0 aliphatic rings. The molecule has 1 aromatic rings. The van der Waals surface area contributed by atoms with E-state index in [0.29, 0.717) is 0 Å². The molecule has 0 aliphatic carbocycles. The zero-order valence-electron chi connectivity index (χ0n) is 8.85. The highest BCUT2D eigenvalue weighted by Gasteiger charge is 2.19. The van der Waals surface area contributed by atoms with Crippen molar-refractivity contribution in [1.82, 2.24) is 0 Å². The van der Waals surface area contributed by atoms with Crippen LogP contribution in [0.3, 0.4) is 0 Å². The van der Waals surface area contributed by atoms with Crippen LogP contribution in [0.4, 0.5) is 0 Å². The third-order valence-corrected chi connectivity index (χ3v) is 2.96. The van der Waals surface area contributed by atoms with Crippen LogP contribution in [0.2, 0.25) is 0 Å². The Bertz CT molecular complexity index is 306. The van der Waals surface area contributed by atoms with Gasteiger partial charge in [0.2, 0.25) is 0 Å². The van der Waals surface area contributed by atoms with Crippen molar-refractivity contribution in [3.63, 3.8) is 0 Å². The van der Waals surface area contributed by atoms with E-state index in [0.717, 1.165) is 9.13 Å². The summed E-state index contributed by atoms with van der Waals surface area (Å²) >= 11 is 2.24. The standard InChI is InChI=1S/C11H16INO.ClH/c1-7(2)11(14)10(13)8-4-3-5-9(12)6-8;/h3-7,10-11,14H,13H2,1-2H3;1H/t10-,11+;/m1./s1. The Morgan fingerprint density at radius 1 is 1.33 bits per heavy atom. The van der Waals surface area contributed by atoms with E-state index < -0.39 is 6.10 Å². The van der Waals surface area contributed by atoms with Crippen molar-refractivity contribution in [1.29, 1.82) is 0 Å². The molecule has 1 rings (SSSR count). The van der Waals surface area contributed by atoms with Gasteiger partial charge in [-0.2, -0.15) is 0 Å². The highest BCUT2D eigenvalue weighted by Crippen LogP contribution is 2.20. The number of nitrogens with two attached hydrogens (primary N) is 1. The minimum atomic E-state index is -0.479. The molecule has 0 spiro atoms. The molecule has 1 aromatic carbocycles. The third-order valence-electron chi connectivity index (χ3n) is 2.28. The zero-order valence-corrected chi connectivity index (χ0v) is 11.8. The van der Waals surface area contributed by atoms with E-state index in [1.54, 1.807) is 0 Å². The fourth-order valence-corrected chi connectivity index (χ4v) is 1.89. The number of rotatable bonds is 3. The van der Waals surface area contributed by atoms with Crippen LogP contribution in [-0.4, -0.2) is 11.2 Å². The van der Waals surface area contributed by atoms with Gasteiger partial charge in [-0.15, -0.1) is 12.4 Å². The summed E-state index contributed by atoms with van der Waals surface area (Å²) in [6.45, 7) is 3.94. The lowest BCUT2D eigenvalue weighted by molar-refractivity contribution is 0.0979. The van der Waals surface area contributed by atoms with Crippen molar-refractivity contribution >= 4 is 35.0 Å². The molecule has 2 nitrogen and oxygen atoms in total. The van der Waals surface area contributed by atoms with Gasteiger partial charge < -0.3 is 10.8 Å². The molecule has 0 fully saturated rings. The average molecular weight is 342 g/mol. The summed E-state index contributed by atoms with van der Waals surface area (Å²) in [5, 5.41) is 9.81. The number of benzene rings is 1. The number of aliphatic hydroxyl groups is 1. The quantitative estimate of drug-likeness (QED) is 0.831. The minimum Gasteiger partial charge on any atom is -0.391 e. The van der Waals surface area contributed by atoms with Gasteiger partial charge in [-0.1, -0.05) is 26.0 Å². The Morgan fingerprint density at radius 2 is 1.93 bits per heavy atom. The molecular formula is C11H17ClINO. The molecule has 0 heterocycles. The van der Waals surface area contributed by atoms with Crippen molar-refractivity contribution in [2.24, 2.45) is 11.7 Å². The fraction of sp³-hybridized carbons (Fsp3) is 0.455. The van der Waals surface area contributed by atoms with Crippen LogP contribution in [0.15, 0.2) is 24.3 Å². The molecule has 2 atom stereocenters. The van der Waals surface area contributed by atoms with Crippen molar-refractivity contribution in [3.8, 4) is 0 Å². The van der Waals surface area contributed by atoms with Gasteiger partial charge in [0.1, 0.15) is 0 Å². The Kier molecular flexibility index (Phi) is 6.75. The first kappa shape index (κ1) is 15.2. The van der Waals surface area contributed by atoms with Gasteiger partial charge in [-0.05, 0) is 46.2 Å². The van der Waals surface area contributed by atoms with Crippen LogP contribution in [0.25, 0.3) is 0 Å². The summed E-state index contributed by atoms with van der Waals surface area (Å²) in [7, 11) is 0. The van der Waals surface area contributed by atoms with E-state index >= 15 is 0 Å². The van der Waals surface area contributed by atoms with Crippen LogP contribution < -0.4 is 5.73 Å². The summed E-state index contributed by atoms with van der Waals surface area (Å²) in [6, 6.07) is 7.65. The zero-order chi connectivity index (χ0) is 10.7. The van der Waals surface area contributed by atoms with Gasteiger partial charge in [0.25, 0.3) is 0 Å². The molecule has 0 amide bonds. The van der Waals surface area contributed by atoms with Crippen LogP contribution in [0, 0.1) is 9.49 Å². The topological polar surface area (TPSA) is 46.2 Å². The Hall–Kier alpha value is 0.160. The average Bonchev–Trinajstić information content (AvgIpc) is 2.15. The molecule has 0 radical (unpaired) electrons. The number of halogens is 2. The van der Waals surface area contributed by atoms with Crippen molar-refractivity contribution in [3.05, 3.63) is 33.4 Å². The molecule has 0 saturated heterocycles.